The lowest BCUT2D eigenvalue weighted by molar-refractivity contribution is -0.122. The number of benzene rings is 2. The van der Waals surface area contributed by atoms with Crippen molar-refractivity contribution in [2.45, 2.75) is 38.8 Å². The van der Waals surface area contributed by atoms with Crippen LogP contribution in [0, 0.1) is 6.92 Å². The average molecular weight is 416 g/mol. The normalized spacial score (nSPS) is 13.1. The Morgan fingerprint density at radius 1 is 1.04 bits per heavy atom. The number of carbonyl (C=O) groups is 1. The standard InChI is InChI=1S/C22H23Cl2N3O/c1-15-11-12-27(26-15)14-22(28)25-16(2)21(18-5-9-20(24)10-6-18)13-17-3-7-19(23)8-4-17/h3-12,16,21H,13-14H2,1-2H3,(H,25,28). The van der Waals surface area contributed by atoms with Gasteiger partial charge in [0.05, 0.1) is 5.69 Å². The molecule has 1 aromatic heterocycles. The maximum absolute atomic E-state index is 12.5. The van der Waals surface area contributed by atoms with Crippen LogP contribution in [0.4, 0.5) is 0 Å². The maximum Gasteiger partial charge on any atom is 0.241 e. The van der Waals surface area contributed by atoms with Crippen molar-refractivity contribution in [1.29, 1.82) is 0 Å². The van der Waals surface area contributed by atoms with E-state index >= 15 is 0 Å². The van der Waals surface area contributed by atoms with Crippen molar-refractivity contribution >= 4 is 29.1 Å². The lowest BCUT2D eigenvalue weighted by Gasteiger charge is -2.26. The van der Waals surface area contributed by atoms with Gasteiger partial charge in [0.1, 0.15) is 6.54 Å². The first-order valence-corrected chi connectivity index (χ1v) is 9.95. The van der Waals surface area contributed by atoms with Crippen LogP contribution in [0.2, 0.25) is 10.0 Å². The molecule has 2 atom stereocenters. The summed E-state index contributed by atoms with van der Waals surface area (Å²) in [5, 5.41) is 8.80. The summed E-state index contributed by atoms with van der Waals surface area (Å²) in [4.78, 5) is 12.5. The first-order valence-electron chi connectivity index (χ1n) is 9.20. The van der Waals surface area contributed by atoms with Gasteiger partial charge in [-0.2, -0.15) is 5.10 Å². The molecule has 1 amide bonds. The third-order valence-corrected chi connectivity index (χ3v) is 5.24. The monoisotopic (exact) mass is 415 g/mol. The molecule has 2 aromatic carbocycles. The van der Waals surface area contributed by atoms with E-state index in [1.54, 1.807) is 4.68 Å². The van der Waals surface area contributed by atoms with Gasteiger partial charge in [-0.15, -0.1) is 0 Å². The van der Waals surface area contributed by atoms with Crippen molar-refractivity contribution in [3.8, 4) is 0 Å². The third-order valence-electron chi connectivity index (χ3n) is 4.74. The van der Waals surface area contributed by atoms with Crippen LogP contribution in [-0.4, -0.2) is 21.7 Å². The van der Waals surface area contributed by atoms with Crippen LogP contribution in [-0.2, 0) is 17.8 Å². The van der Waals surface area contributed by atoms with E-state index in [1.165, 1.54) is 0 Å². The lowest BCUT2D eigenvalue weighted by atomic mass is 9.86. The van der Waals surface area contributed by atoms with Gasteiger partial charge < -0.3 is 5.32 Å². The van der Waals surface area contributed by atoms with Crippen molar-refractivity contribution in [2.75, 3.05) is 0 Å². The van der Waals surface area contributed by atoms with Crippen molar-refractivity contribution in [3.63, 3.8) is 0 Å². The number of rotatable bonds is 7. The van der Waals surface area contributed by atoms with E-state index in [9.17, 15) is 4.79 Å². The van der Waals surface area contributed by atoms with Gasteiger partial charge in [-0.25, -0.2) is 0 Å². The molecular weight excluding hydrogens is 393 g/mol. The summed E-state index contributed by atoms with van der Waals surface area (Å²) in [5.74, 6) is 0.0346. The molecule has 0 aliphatic heterocycles. The molecule has 0 fully saturated rings. The predicted octanol–water partition coefficient (Wildman–Crippen LogP) is 5.03. The number of hydrogen-bond acceptors (Lipinski definition) is 2. The second kappa shape index (κ2) is 9.26. The Morgan fingerprint density at radius 3 is 2.21 bits per heavy atom. The van der Waals surface area contributed by atoms with Gasteiger partial charge in [-0.1, -0.05) is 47.5 Å². The predicted molar refractivity (Wildman–Crippen MR) is 114 cm³/mol. The van der Waals surface area contributed by atoms with Crippen LogP contribution in [0.25, 0.3) is 0 Å². The number of nitrogens with zero attached hydrogens (tertiary/aromatic N) is 2. The summed E-state index contributed by atoms with van der Waals surface area (Å²) in [6.45, 7) is 4.13. The molecule has 0 saturated heterocycles. The zero-order valence-electron chi connectivity index (χ0n) is 15.9. The van der Waals surface area contributed by atoms with Crippen LogP contribution in [0.1, 0.15) is 29.7 Å². The van der Waals surface area contributed by atoms with Gasteiger partial charge in [0.15, 0.2) is 0 Å². The molecule has 0 bridgehead atoms. The molecular formula is C22H23Cl2N3O. The highest BCUT2D eigenvalue weighted by molar-refractivity contribution is 6.30. The Morgan fingerprint density at radius 2 is 1.64 bits per heavy atom. The SMILES string of the molecule is Cc1ccn(CC(=O)NC(C)C(Cc2ccc(Cl)cc2)c2ccc(Cl)cc2)n1. The van der Waals surface area contributed by atoms with E-state index in [0.29, 0.717) is 10.0 Å². The largest absolute Gasteiger partial charge is 0.351 e. The van der Waals surface area contributed by atoms with Crippen LogP contribution in [0.3, 0.4) is 0 Å². The highest BCUT2D eigenvalue weighted by Crippen LogP contribution is 2.26. The summed E-state index contributed by atoms with van der Waals surface area (Å²) in [6, 6.07) is 17.4. The number of carbonyl (C=O) groups excluding carboxylic acids is 1. The molecule has 0 radical (unpaired) electrons. The quantitative estimate of drug-likeness (QED) is 0.587. The van der Waals surface area contributed by atoms with Crippen LogP contribution >= 0.6 is 23.2 Å². The highest BCUT2D eigenvalue weighted by atomic mass is 35.5. The minimum atomic E-state index is -0.0685. The summed E-state index contributed by atoms with van der Waals surface area (Å²) in [5.41, 5.74) is 3.18. The van der Waals surface area contributed by atoms with E-state index < -0.39 is 0 Å². The number of aryl methyl sites for hydroxylation is 1. The number of halogens is 2. The molecule has 4 nitrogen and oxygen atoms in total. The Bertz CT molecular complexity index is 920. The zero-order valence-corrected chi connectivity index (χ0v) is 17.4. The molecule has 0 aliphatic rings. The molecule has 0 aliphatic carbocycles. The molecule has 1 heterocycles. The van der Waals surface area contributed by atoms with E-state index in [0.717, 1.165) is 23.2 Å². The first-order chi connectivity index (χ1) is 13.4. The molecule has 0 spiro atoms. The van der Waals surface area contributed by atoms with Crippen molar-refractivity contribution in [3.05, 3.63) is 87.7 Å². The maximum atomic E-state index is 12.5. The van der Waals surface area contributed by atoms with Crippen molar-refractivity contribution < 1.29 is 4.79 Å². The number of hydrogen-bond donors (Lipinski definition) is 1. The van der Waals surface area contributed by atoms with Gasteiger partial charge in [0.25, 0.3) is 0 Å². The Kier molecular flexibility index (Phi) is 6.76. The first kappa shape index (κ1) is 20.4. The fraction of sp³-hybridized carbons (Fsp3) is 0.273. The fourth-order valence-corrected chi connectivity index (χ4v) is 3.52. The topological polar surface area (TPSA) is 46.9 Å². The minimum Gasteiger partial charge on any atom is -0.351 e. The van der Waals surface area contributed by atoms with Gasteiger partial charge in [-0.05, 0) is 61.7 Å². The Balaban J connectivity index is 1.75. The second-order valence-corrected chi connectivity index (χ2v) is 7.87. The molecule has 0 saturated carbocycles. The molecule has 146 valence electrons. The fourth-order valence-electron chi connectivity index (χ4n) is 3.27. The number of aromatic nitrogens is 2. The average Bonchev–Trinajstić information content (AvgIpc) is 3.06. The van der Waals surface area contributed by atoms with Gasteiger partial charge in [-0.3, -0.25) is 9.48 Å². The van der Waals surface area contributed by atoms with Crippen LogP contribution < -0.4 is 5.32 Å². The van der Waals surface area contributed by atoms with Crippen LogP contribution in [0.15, 0.2) is 60.8 Å². The minimum absolute atomic E-state index is 0.0642. The van der Waals surface area contributed by atoms with Crippen molar-refractivity contribution in [1.82, 2.24) is 15.1 Å². The summed E-state index contributed by atoms with van der Waals surface area (Å²) < 4.78 is 1.65. The van der Waals surface area contributed by atoms with Gasteiger partial charge >= 0.3 is 0 Å². The summed E-state index contributed by atoms with van der Waals surface area (Å²) in [6.07, 6.45) is 2.59. The zero-order chi connectivity index (χ0) is 20.1. The summed E-state index contributed by atoms with van der Waals surface area (Å²) in [7, 11) is 0. The Hall–Kier alpha value is -2.30. The van der Waals surface area contributed by atoms with E-state index in [-0.39, 0.29) is 24.4 Å². The lowest BCUT2D eigenvalue weighted by Crippen LogP contribution is -2.39. The smallest absolute Gasteiger partial charge is 0.241 e. The molecule has 6 heteroatoms. The molecule has 3 aromatic rings. The van der Waals surface area contributed by atoms with E-state index in [4.69, 9.17) is 23.2 Å². The number of nitrogens with one attached hydrogen (secondary N) is 1. The second-order valence-electron chi connectivity index (χ2n) is 7.00. The molecule has 2 unspecified atom stereocenters. The molecule has 1 N–H and O–H groups in total. The van der Waals surface area contributed by atoms with E-state index in [1.807, 2.05) is 74.6 Å². The van der Waals surface area contributed by atoms with Gasteiger partial charge in [0.2, 0.25) is 5.91 Å². The van der Waals surface area contributed by atoms with Crippen LogP contribution in [0.5, 0.6) is 0 Å². The molecule has 28 heavy (non-hydrogen) atoms. The Labute approximate surface area is 175 Å². The third kappa shape index (κ3) is 5.60. The van der Waals surface area contributed by atoms with Gasteiger partial charge in [0, 0.05) is 28.2 Å². The molecule has 3 rings (SSSR count). The van der Waals surface area contributed by atoms with Crippen molar-refractivity contribution in [2.24, 2.45) is 0 Å². The highest BCUT2D eigenvalue weighted by Gasteiger charge is 2.22. The van der Waals surface area contributed by atoms with E-state index in [2.05, 4.69) is 10.4 Å². The number of amides is 1. The summed E-state index contributed by atoms with van der Waals surface area (Å²) >= 11 is 12.1.